The van der Waals surface area contributed by atoms with Gasteiger partial charge < -0.3 is 0 Å². The molecule has 0 fully saturated rings. The van der Waals surface area contributed by atoms with Crippen molar-refractivity contribution in [3.8, 4) is 0 Å². The molecule has 3 heteroatoms. The second-order valence-corrected chi connectivity index (χ2v) is 8.13. The highest BCUT2D eigenvalue weighted by Crippen LogP contribution is 2.53. The molecule has 1 atom stereocenters. The number of hydrogen-bond acceptors (Lipinski definition) is 1. The molecule has 1 aliphatic heterocycles. The highest BCUT2D eigenvalue weighted by Gasteiger charge is 2.56. The molecule has 26 heavy (non-hydrogen) atoms. The molecule has 2 aromatic heterocycles. The van der Waals surface area contributed by atoms with Gasteiger partial charge >= 0.3 is 0 Å². The highest BCUT2D eigenvalue weighted by molar-refractivity contribution is 5.97. The summed E-state index contributed by atoms with van der Waals surface area (Å²) in [6.45, 7) is 11.7. The molecule has 3 nitrogen and oxygen atoms in total. The highest BCUT2D eigenvalue weighted by atomic mass is 15.4. The molecule has 0 aliphatic carbocycles. The summed E-state index contributed by atoms with van der Waals surface area (Å²) in [6, 6.07) is 9.16. The topological polar surface area (TPSA) is 21.9 Å². The van der Waals surface area contributed by atoms with Gasteiger partial charge in [0.1, 0.15) is 5.54 Å². The summed E-state index contributed by atoms with van der Waals surface area (Å²) in [5, 5.41) is 7.99. The second-order valence-electron chi connectivity index (χ2n) is 8.13. The Labute approximate surface area is 157 Å². The molecule has 1 aromatic carbocycles. The standard InChI is InChI=1S/C23H32N3/c1-6-10-14-19-24-26-21-20-17(15-16-25(19)21)12-11-13-18(20)23(8-3,9-4)22(26,5)7-2/h11-13,15-16H,6-10,14H2,1-5H3/q+1. The number of unbranched alkanes of at least 4 members (excludes halogenated alkanes) is 1. The number of hydrogen-bond donors (Lipinski definition) is 0. The zero-order chi connectivity index (χ0) is 18.5. The van der Waals surface area contributed by atoms with Crippen molar-refractivity contribution in [3.63, 3.8) is 0 Å². The average Bonchev–Trinajstić information content (AvgIpc) is 3.06. The lowest BCUT2D eigenvalue weighted by atomic mass is 9.59. The van der Waals surface area contributed by atoms with E-state index >= 15 is 0 Å². The van der Waals surface area contributed by atoms with E-state index in [4.69, 9.17) is 5.10 Å². The fourth-order valence-electron chi connectivity index (χ4n) is 5.55. The lowest BCUT2D eigenvalue weighted by Gasteiger charge is -2.47. The third-order valence-electron chi connectivity index (χ3n) is 7.31. The van der Waals surface area contributed by atoms with Crippen molar-refractivity contribution in [1.29, 1.82) is 0 Å². The van der Waals surface area contributed by atoms with Crippen LogP contribution in [0.5, 0.6) is 0 Å². The summed E-state index contributed by atoms with van der Waals surface area (Å²) < 4.78 is 4.77. The Morgan fingerprint density at radius 1 is 1.04 bits per heavy atom. The summed E-state index contributed by atoms with van der Waals surface area (Å²) in [4.78, 5) is 0. The van der Waals surface area contributed by atoms with Gasteiger partial charge in [-0.2, -0.15) is 0 Å². The Morgan fingerprint density at radius 3 is 2.46 bits per heavy atom. The molecule has 0 radical (unpaired) electrons. The van der Waals surface area contributed by atoms with Crippen LogP contribution in [0.15, 0.2) is 30.5 Å². The number of nitrogens with zero attached hydrogens (tertiary/aromatic N) is 3. The first-order valence-corrected chi connectivity index (χ1v) is 10.4. The molecule has 1 unspecified atom stereocenters. The predicted molar refractivity (Wildman–Crippen MR) is 108 cm³/mol. The van der Waals surface area contributed by atoms with E-state index in [0.717, 1.165) is 25.7 Å². The van der Waals surface area contributed by atoms with Gasteiger partial charge in [-0.1, -0.05) is 52.3 Å². The van der Waals surface area contributed by atoms with Crippen molar-refractivity contribution in [3.05, 3.63) is 41.9 Å². The molecule has 0 saturated heterocycles. The maximum Gasteiger partial charge on any atom is 0.282 e. The zero-order valence-corrected chi connectivity index (χ0v) is 17.0. The summed E-state index contributed by atoms with van der Waals surface area (Å²) in [6.07, 6.45) is 9.03. The number of benzene rings is 1. The van der Waals surface area contributed by atoms with Gasteiger partial charge in [0, 0.05) is 16.9 Å². The Kier molecular flexibility index (Phi) is 4.09. The molecular formula is C23H32N3+. The Balaban J connectivity index is 2.18. The fourth-order valence-corrected chi connectivity index (χ4v) is 5.55. The number of aromatic nitrogens is 3. The van der Waals surface area contributed by atoms with E-state index in [1.807, 2.05) is 0 Å². The van der Waals surface area contributed by atoms with E-state index in [1.165, 1.54) is 40.6 Å². The van der Waals surface area contributed by atoms with Gasteiger partial charge in [0.25, 0.3) is 11.5 Å². The van der Waals surface area contributed by atoms with Crippen molar-refractivity contribution in [2.24, 2.45) is 0 Å². The first-order valence-electron chi connectivity index (χ1n) is 10.4. The van der Waals surface area contributed by atoms with Crippen LogP contribution in [0.1, 0.15) is 78.1 Å². The van der Waals surface area contributed by atoms with E-state index < -0.39 is 0 Å². The molecular weight excluding hydrogens is 318 g/mol. The largest absolute Gasteiger partial charge is 0.282 e. The maximum atomic E-state index is 5.23. The molecule has 138 valence electrons. The van der Waals surface area contributed by atoms with Crippen LogP contribution in [0.25, 0.3) is 16.4 Å². The molecule has 0 bridgehead atoms. The van der Waals surface area contributed by atoms with Gasteiger partial charge in [-0.05, 0) is 49.6 Å². The smallest absolute Gasteiger partial charge is 0.201 e. The van der Waals surface area contributed by atoms with E-state index in [0.29, 0.717) is 0 Å². The van der Waals surface area contributed by atoms with Gasteiger partial charge in [-0.3, -0.25) is 0 Å². The van der Waals surface area contributed by atoms with Crippen LogP contribution in [0.2, 0.25) is 0 Å². The molecule has 0 spiro atoms. The third kappa shape index (κ3) is 1.95. The third-order valence-corrected chi connectivity index (χ3v) is 7.31. The monoisotopic (exact) mass is 350 g/mol. The summed E-state index contributed by atoms with van der Waals surface area (Å²) >= 11 is 0. The first-order chi connectivity index (χ1) is 12.6. The van der Waals surface area contributed by atoms with Crippen molar-refractivity contribution in [2.75, 3.05) is 0 Å². The zero-order valence-electron chi connectivity index (χ0n) is 17.0. The van der Waals surface area contributed by atoms with Gasteiger partial charge in [0.2, 0.25) is 0 Å². The lowest BCUT2D eigenvalue weighted by Crippen LogP contribution is -2.53. The van der Waals surface area contributed by atoms with Crippen LogP contribution in [0.4, 0.5) is 0 Å². The van der Waals surface area contributed by atoms with Gasteiger partial charge in [0.15, 0.2) is 0 Å². The molecule has 3 heterocycles. The number of pyridine rings is 1. The normalized spacial score (nSPS) is 21.1. The lowest BCUT2D eigenvalue weighted by molar-refractivity contribution is -0.521. The van der Waals surface area contributed by atoms with Crippen LogP contribution in [-0.4, -0.2) is 9.78 Å². The molecule has 1 aliphatic rings. The predicted octanol–water partition coefficient (Wildman–Crippen LogP) is 5.31. The van der Waals surface area contributed by atoms with Crippen LogP contribution < -0.4 is 4.40 Å². The van der Waals surface area contributed by atoms with Crippen LogP contribution >= 0.6 is 0 Å². The van der Waals surface area contributed by atoms with E-state index in [2.05, 4.69) is 74.2 Å². The van der Waals surface area contributed by atoms with Crippen LogP contribution in [0, 0.1) is 0 Å². The van der Waals surface area contributed by atoms with E-state index in [-0.39, 0.29) is 11.0 Å². The van der Waals surface area contributed by atoms with Crippen LogP contribution in [0.3, 0.4) is 0 Å². The minimum atomic E-state index is -0.00511. The fraction of sp³-hybridized carbons (Fsp3) is 0.565. The molecule has 0 amide bonds. The quantitative estimate of drug-likeness (QED) is 0.552. The average molecular weight is 351 g/mol. The Hall–Kier alpha value is -1.90. The molecule has 0 N–H and O–H groups in total. The van der Waals surface area contributed by atoms with E-state index in [9.17, 15) is 0 Å². The summed E-state index contributed by atoms with van der Waals surface area (Å²) in [7, 11) is 0. The maximum absolute atomic E-state index is 5.23. The minimum Gasteiger partial charge on any atom is -0.201 e. The van der Waals surface area contributed by atoms with E-state index in [1.54, 1.807) is 0 Å². The van der Waals surface area contributed by atoms with Gasteiger partial charge in [0.05, 0.1) is 11.6 Å². The SMILES string of the molecule is CCCCc1nn2c3c4c(cccc4cc[n+]13)C(CC)(CC)C2(C)CC. The minimum absolute atomic E-state index is 0.00511. The number of aryl methyl sites for hydroxylation is 1. The molecule has 4 rings (SSSR count). The van der Waals surface area contributed by atoms with Crippen molar-refractivity contribution < 1.29 is 4.40 Å². The summed E-state index contributed by atoms with van der Waals surface area (Å²) in [5.74, 6) is 1.21. The van der Waals surface area contributed by atoms with Gasteiger partial charge in [-0.15, -0.1) is 4.68 Å². The summed E-state index contributed by atoms with van der Waals surface area (Å²) in [5.41, 5.74) is 2.94. The molecule has 0 saturated carbocycles. The molecule has 3 aromatic rings. The van der Waals surface area contributed by atoms with Gasteiger partial charge in [-0.25, -0.2) is 4.40 Å². The second kappa shape index (κ2) is 6.07. The Morgan fingerprint density at radius 2 is 1.81 bits per heavy atom. The van der Waals surface area contributed by atoms with Crippen molar-refractivity contribution in [1.82, 2.24) is 9.78 Å². The van der Waals surface area contributed by atoms with Crippen molar-refractivity contribution >= 4 is 16.4 Å². The van der Waals surface area contributed by atoms with Crippen molar-refractivity contribution in [2.45, 2.75) is 84.1 Å². The van der Waals surface area contributed by atoms with Crippen LogP contribution in [-0.2, 0) is 17.4 Å². The number of rotatable bonds is 6. The first kappa shape index (κ1) is 17.5. The Bertz CT molecular complexity index is 964.